The zero-order chi connectivity index (χ0) is 15.5. The van der Waals surface area contributed by atoms with Crippen LogP contribution in [0.4, 0.5) is 5.69 Å². The number of carbonyl (C=O) groups excluding carboxylic acids is 1. The molecule has 0 unspecified atom stereocenters. The minimum absolute atomic E-state index is 0.00692. The summed E-state index contributed by atoms with van der Waals surface area (Å²) in [5.41, 5.74) is 1.17. The molecule has 1 aromatic carbocycles. The fourth-order valence-corrected chi connectivity index (χ4v) is 2.64. The average molecular weight is 311 g/mol. The molecule has 1 N–H and O–H groups in total. The number of ether oxygens (including phenoxy) is 1. The molecule has 1 saturated heterocycles. The van der Waals surface area contributed by atoms with Gasteiger partial charge in [0.25, 0.3) is 5.91 Å². The average Bonchev–Trinajstić information content (AvgIpc) is 2.44. The van der Waals surface area contributed by atoms with E-state index in [0.717, 1.165) is 18.7 Å². The van der Waals surface area contributed by atoms with Crippen LogP contribution in [0, 0.1) is 0 Å². The fraction of sp³-hybridized carbons (Fsp3) is 0.562. The first-order valence-corrected chi connectivity index (χ1v) is 7.77. The number of carbonyl (C=O) groups is 1. The van der Waals surface area contributed by atoms with E-state index in [0.29, 0.717) is 30.3 Å². The van der Waals surface area contributed by atoms with Crippen LogP contribution in [0.1, 0.15) is 37.6 Å². The molecule has 1 aliphatic rings. The number of anilines is 1. The normalized spacial score (nSPS) is 17.6. The van der Waals surface area contributed by atoms with Crippen LogP contribution in [0.25, 0.3) is 0 Å². The van der Waals surface area contributed by atoms with Crippen LogP contribution >= 0.6 is 11.6 Å². The van der Waals surface area contributed by atoms with Crippen LogP contribution < -0.4 is 5.32 Å². The Bertz CT molecular complexity index is 517. The molecule has 0 radical (unpaired) electrons. The number of rotatable bonds is 4. The molecule has 2 rings (SSSR count). The summed E-state index contributed by atoms with van der Waals surface area (Å²) in [6, 6.07) is 5.42. The Morgan fingerprint density at radius 1 is 1.48 bits per heavy atom. The van der Waals surface area contributed by atoms with E-state index >= 15 is 0 Å². The molecule has 5 heteroatoms. The smallest absolute Gasteiger partial charge is 0.256 e. The summed E-state index contributed by atoms with van der Waals surface area (Å²) in [4.78, 5) is 14.6. The van der Waals surface area contributed by atoms with Gasteiger partial charge in [-0.15, -0.1) is 0 Å². The highest BCUT2D eigenvalue weighted by Gasteiger charge is 2.31. The van der Waals surface area contributed by atoms with Crippen molar-refractivity contribution in [2.45, 2.75) is 32.8 Å². The van der Waals surface area contributed by atoms with E-state index in [1.165, 1.54) is 0 Å². The predicted molar refractivity (Wildman–Crippen MR) is 86.2 cm³/mol. The zero-order valence-electron chi connectivity index (χ0n) is 12.9. The van der Waals surface area contributed by atoms with Crippen molar-refractivity contribution in [3.05, 3.63) is 28.8 Å². The first-order chi connectivity index (χ1) is 9.93. The van der Waals surface area contributed by atoms with Gasteiger partial charge >= 0.3 is 0 Å². The maximum Gasteiger partial charge on any atom is 0.256 e. The highest BCUT2D eigenvalue weighted by atomic mass is 35.5. The molecule has 1 fully saturated rings. The molecule has 4 nitrogen and oxygen atoms in total. The molecule has 0 atom stereocenters. The second-order valence-electron chi connectivity index (χ2n) is 5.95. The van der Waals surface area contributed by atoms with Gasteiger partial charge in [-0.1, -0.05) is 18.5 Å². The van der Waals surface area contributed by atoms with Gasteiger partial charge in [-0.2, -0.15) is 0 Å². The predicted octanol–water partition coefficient (Wildman–Crippen LogP) is 3.41. The van der Waals surface area contributed by atoms with E-state index in [-0.39, 0.29) is 11.5 Å². The summed E-state index contributed by atoms with van der Waals surface area (Å²) >= 11 is 6.07. The van der Waals surface area contributed by atoms with Crippen molar-refractivity contribution in [3.8, 4) is 0 Å². The maximum atomic E-state index is 12.8. The minimum atomic E-state index is -0.302. The van der Waals surface area contributed by atoms with Crippen LogP contribution in [0.3, 0.4) is 0 Å². The number of nitrogens with zero attached hydrogens (tertiary/aromatic N) is 1. The van der Waals surface area contributed by atoms with Gasteiger partial charge in [0.05, 0.1) is 17.8 Å². The van der Waals surface area contributed by atoms with Crippen molar-refractivity contribution in [3.63, 3.8) is 0 Å². The van der Waals surface area contributed by atoms with E-state index in [2.05, 4.69) is 12.2 Å². The molecule has 0 aromatic heterocycles. The van der Waals surface area contributed by atoms with E-state index in [9.17, 15) is 4.79 Å². The van der Waals surface area contributed by atoms with E-state index in [4.69, 9.17) is 16.3 Å². The second-order valence-corrected chi connectivity index (χ2v) is 6.39. The standard InChI is InChI=1S/C16H23ClN2O2/c1-4-7-18-14-6-5-12(17)10-13(14)15(20)19-8-9-21-16(2,3)11-19/h5-6,10,18H,4,7-9,11H2,1-3H3. The molecule has 116 valence electrons. The van der Waals surface area contributed by atoms with Crippen LogP contribution in [-0.4, -0.2) is 42.6 Å². The summed E-state index contributed by atoms with van der Waals surface area (Å²) in [7, 11) is 0. The fourth-order valence-electron chi connectivity index (χ4n) is 2.47. The van der Waals surface area contributed by atoms with Crippen LogP contribution in [-0.2, 0) is 4.74 Å². The van der Waals surface area contributed by atoms with Gasteiger partial charge in [-0.05, 0) is 38.5 Å². The lowest BCUT2D eigenvalue weighted by Gasteiger charge is -2.38. The van der Waals surface area contributed by atoms with Gasteiger partial charge < -0.3 is 15.0 Å². The number of benzene rings is 1. The van der Waals surface area contributed by atoms with Gasteiger partial charge in [-0.3, -0.25) is 4.79 Å². The monoisotopic (exact) mass is 310 g/mol. The lowest BCUT2D eigenvalue weighted by molar-refractivity contribution is -0.0763. The van der Waals surface area contributed by atoms with Crippen molar-refractivity contribution in [2.24, 2.45) is 0 Å². The Hall–Kier alpha value is -1.26. The minimum Gasteiger partial charge on any atom is -0.384 e. The SMILES string of the molecule is CCCNc1ccc(Cl)cc1C(=O)N1CCOC(C)(C)C1. The second kappa shape index (κ2) is 6.67. The molecule has 1 aromatic rings. The molecule has 0 spiro atoms. The summed E-state index contributed by atoms with van der Waals surface area (Å²) in [6.07, 6.45) is 1.00. The van der Waals surface area contributed by atoms with Crippen molar-refractivity contribution in [2.75, 3.05) is 31.6 Å². The quantitative estimate of drug-likeness (QED) is 0.926. The number of halogens is 1. The Balaban J connectivity index is 2.23. The Kier molecular flexibility index (Phi) is 5.12. The Morgan fingerprint density at radius 2 is 2.24 bits per heavy atom. The number of amides is 1. The summed E-state index contributed by atoms with van der Waals surface area (Å²) < 4.78 is 5.66. The summed E-state index contributed by atoms with van der Waals surface area (Å²) in [5, 5.41) is 3.87. The molecular weight excluding hydrogens is 288 g/mol. The molecule has 0 bridgehead atoms. The molecule has 21 heavy (non-hydrogen) atoms. The zero-order valence-corrected chi connectivity index (χ0v) is 13.7. The largest absolute Gasteiger partial charge is 0.384 e. The molecule has 1 amide bonds. The van der Waals surface area contributed by atoms with Gasteiger partial charge in [0, 0.05) is 30.3 Å². The lowest BCUT2D eigenvalue weighted by Crippen LogP contribution is -2.50. The molecule has 0 saturated carbocycles. The first kappa shape index (κ1) is 16.1. The topological polar surface area (TPSA) is 41.6 Å². The highest BCUT2D eigenvalue weighted by Crippen LogP contribution is 2.25. The Labute approximate surface area is 131 Å². The van der Waals surface area contributed by atoms with Crippen molar-refractivity contribution in [1.29, 1.82) is 0 Å². The van der Waals surface area contributed by atoms with Crippen molar-refractivity contribution in [1.82, 2.24) is 4.90 Å². The molecular formula is C16H23ClN2O2. The maximum absolute atomic E-state index is 12.8. The molecule has 0 aliphatic carbocycles. The van der Waals surface area contributed by atoms with Crippen molar-refractivity contribution >= 4 is 23.2 Å². The number of morpholine rings is 1. The Morgan fingerprint density at radius 3 is 2.90 bits per heavy atom. The third-order valence-electron chi connectivity index (χ3n) is 3.49. The van der Waals surface area contributed by atoms with E-state index in [1.807, 2.05) is 24.8 Å². The number of nitrogens with one attached hydrogen (secondary N) is 1. The lowest BCUT2D eigenvalue weighted by atomic mass is 10.1. The van der Waals surface area contributed by atoms with Gasteiger partial charge in [-0.25, -0.2) is 0 Å². The third-order valence-corrected chi connectivity index (χ3v) is 3.73. The van der Waals surface area contributed by atoms with Crippen LogP contribution in [0.15, 0.2) is 18.2 Å². The number of hydrogen-bond acceptors (Lipinski definition) is 3. The third kappa shape index (κ3) is 4.11. The van der Waals surface area contributed by atoms with Crippen molar-refractivity contribution < 1.29 is 9.53 Å². The summed E-state index contributed by atoms with van der Waals surface area (Å²) in [5.74, 6) is 0.00692. The van der Waals surface area contributed by atoms with Gasteiger partial charge in [0.1, 0.15) is 0 Å². The number of hydrogen-bond donors (Lipinski definition) is 1. The van der Waals surface area contributed by atoms with Crippen LogP contribution in [0.2, 0.25) is 5.02 Å². The highest BCUT2D eigenvalue weighted by molar-refractivity contribution is 6.31. The first-order valence-electron chi connectivity index (χ1n) is 7.39. The molecule has 1 heterocycles. The van der Waals surface area contributed by atoms with E-state index < -0.39 is 0 Å². The van der Waals surface area contributed by atoms with E-state index in [1.54, 1.807) is 12.1 Å². The molecule has 1 aliphatic heterocycles. The van der Waals surface area contributed by atoms with Gasteiger partial charge in [0.15, 0.2) is 0 Å². The van der Waals surface area contributed by atoms with Crippen LogP contribution in [0.5, 0.6) is 0 Å². The van der Waals surface area contributed by atoms with Gasteiger partial charge in [0.2, 0.25) is 0 Å². The summed E-state index contributed by atoms with van der Waals surface area (Å²) in [6.45, 7) is 8.69.